The van der Waals surface area contributed by atoms with Gasteiger partial charge in [-0.15, -0.1) is 0 Å². The number of carbonyl (C=O) groups excluding carboxylic acids is 1. The SMILES string of the molecule is O=C(CCc1cccc(Oc2ccc(Cl)cc2)c1)c1cnn2c1NC(c1ccccc1)CC2C(F)(F)F. The number of aryl methyl sites for hydroxylation is 1. The van der Waals surface area contributed by atoms with Gasteiger partial charge >= 0.3 is 6.18 Å². The number of halogens is 4. The van der Waals surface area contributed by atoms with Crippen LogP contribution in [0.3, 0.4) is 0 Å². The third kappa shape index (κ3) is 5.64. The Morgan fingerprint density at radius 3 is 2.51 bits per heavy atom. The second-order valence-corrected chi connectivity index (χ2v) is 9.32. The molecule has 2 unspecified atom stereocenters. The van der Waals surface area contributed by atoms with Crippen LogP contribution >= 0.6 is 11.6 Å². The lowest BCUT2D eigenvalue weighted by atomic mass is 9.96. The van der Waals surface area contributed by atoms with Crippen molar-refractivity contribution in [3.8, 4) is 11.5 Å². The Balaban J connectivity index is 1.32. The molecule has 0 spiro atoms. The zero-order chi connectivity index (χ0) is 26.0. The number of hydrogen-bond acceptors (Lipinski definition) is 4. The average molecular weight is 526 g/mol. The topological polar surface area (TPSA) is 56.1 Å². The summed E-state index contributed by atoms with van der Waals surface area (Å²) in [6.07, 6.45) is -2.97. The van der Waals surface area contributed by atoms with Crippen LogP contribution in [0, 0.1) is 0 Å². The standard InChI is InChI=1S/C28H23ClF3N3O2/c29-20-10-12-21(13-11-20)37-22-8-4-5-18(15-22)9-14-25(36)23-17-33-35-26(28(30,31)32)16-24(34-27(23)35)19-6-2-1-3-7-19/h1-8,10-13,15,17,24,26,34H,9,14,16H2. The summed E-state index contributed by atoms with van der Waals surface area (Å²) < 4.78 is 48.5. The molecule has 1 aliphatic rings. The third-order valence-corrected chi connectivity index (χ3v) is 6.58. The van der Waals surface area contributed by atoms with E-state index in [1.54, 1.807) is 54.6 Å². The van der Waals surface area contributed by atoms with Crippen LogP contribution in [0.5, 0.6) is 11.5 Å². The second-order valence-electron chi connectivity index (χ2n) is 8.88. The minimum Gasteiger partial charge on any atom is -0.457 e. The second kappa shape index (κ2) is 10.3. The number of fused-ring (bicyclic) bond motifs is 1. The van der Waals surface area contributed by atoms with Crippen molar-refractivity contribution < 1.29 is 22.7 Å². The lowest BCUT2D eigenvalue weighted by Crippen LogP contribution is -2.36. The largest absolute Gasteiger partial charge is 0.457 e. The third-order valence-electron chi connectivity index (χ3n) is 6.33. The average Bonchev–Trinajstić information content (AvgIpc) is 3.32. The molecule has 1 N–H and O–H groups in total. The summed E-state index contributed by atoms with van der Waals surface area (Å²) in [5.74, 6) is 1.05. The molecule has 3 aromatic carbocycles. The first-order valence-corrected chi connectivity index (χ1v) is 12.2. The Bertz CT molecular complexity index is 1390. The molecule has 2 heterocycles. The fourth-order valence-corrected chi connectivity index (χ4v) is 4.59. The molecule has 1 aliphatic heterocycles. The van der Waals surface area contributed by atoms with Crippen molar-refractivity contribution in [2.45, 2.75) is 37.5 Å². The normalized spacial score (nSPS) is 17.1. The van der Waals surface area contributed by atoms with E-state index in [2.05, 4.69) is 10.4 Å². The lowest BCUT2D eigenvalue weighted by Gasteiger charge is -2.34. The zero-order valence-electron chi connectivity index (χ0n) is 19.6. The van der Waals surface area contributed by atoms with E-state index in [0.29, 0.717) is 22.9 Å². The molecule has 5 nitrogen and oxygen atoms in total. The van der Waals surface area contributed by atoms with Gasteiger partial charge in [-0.3, -0.25) is 4.79 Å². The molecule has 4 aromatic rings. The fourth-order valence-electron chi connectivity index (χ4n) is 4.47. The first-order chi connectivity index (χ1) is 17.8. The molecular formula is C28H23ClF3N3O2. The molecule has 0 aliphatic carbocycles. The number of carbonyl (C=O) groups is 1. The maximum absolute atomic E-state index is 13.9. The minimum atomic E-state index is -4.50. The van der Waals surface area contributed by atoms with Crippen LogP contribution < -0.4 is 10.1 Å². The van der Waals surface area contributed by atoms with E-state index in [1.165, 1.54) is 6.20 Å². The summed E-state index contributed by atoms with van der Waals surface area (Å²) in [7, 11) is 0. The van der Waals surface area contributed by atoms with E-state index >= 15 is 0 Å². The summed E-state index contributed by atoms with van der Waals surface area (Å²) in [6, 6.07) is 20.8. The van der Waals surface area contributed by atoms with E-state index in [9.17, 15) is 18.0 Å². The monoisotopic (exact) mass is 525 g/mol. The Labute approximate surface area is 216 Å². The van der Waals surface area contributed by atoms with Crippen molar-refractivity contribution in [2.24, 2.45) is 0 Å². The summed E-state index contributed by atoms with van der Waals surface area (Å²) in [6.45, 7) is 0. The summed E-state index contributed by atoms with van der Waals surface area (Å²) in [5.41, 5.74) is 1.74. The molecule has 0 saturated carbocycles. The highest BCUT2D eigenvalue weighted by Crippen LogP contribution is 2.44. The molecule has 9 heteroatoms. The summed E-state index contributed by atoms with van der Waals surface area (Å²) >= 11 is 5.91. The number of nitrogens with zero attached hydrogens (tertiary/aromatic N) is 2. The predicted molar refractivity (Wildman–Crippen MR) is 135 cm³/mol. The number of ether oxygens (including phenoxy) is 1. The molecule has 2 atom stereocenters. The molecule has 190 valence electrons. The number of hydrogen-bond donors (Lipinski definition) is 1. The number of ketones is 1. The smallest absolute Gasteiger partial charge is 0.410 e. The van der Waals surface area contributed by atoms with E-state index < -0.39 is 18.3 Å². The van der Waals surface area contributed by atoms with Crippen molar-refractivity contribution in [1.29, 1.82) is 0 Å². The number of rotatable bonds is 7. The van der Waals surface area contributed by atoms with Gasteiger partial charge in [0.15, 0.2) is 11.8 Å². The Morgan fingerprint density at radius 2 is 1.78 bits per heavy atom. The number of aromatic nitrogens is 2. The highest BCUT2D eigenvalue weighted by atomic mass is 35.5. The van der Waals surface area contributed by atoms with Gasteiger partial charge in [0.25, 0.3) is 0 Å². The van der Waals surface area contributed by atoms with Crippen LogP contribution in [-0.2, 0) is 6.42 Å². The first kappa shape index (κ1) is 24.9. The van der Waals surface area contributed by atoms with Crippen LogP contribution in [0.2, 0.25) is 5.02 Å². The molecule has 1 aromatic heterocycles. The maximum atomic E-state index is 13.9. The fraction of sp³-hybridized carbons (Fsp3) is 0.214. The van der Waals surface area contributed by atoms with E-state index in [1.807, 2.05) is 24.3 Å². The number of benzene rings is 3. The zero-order valence-corrected chi connectivity index (χ0v) is 20.3. The van der Waals surface area contributed by atoms with Crippen LogP contribution in [0.25, 0.3) is 0 Å². The maximum Gasteiger partial charge on any atom is 0.410 e. The molecule has 0 amide bonds. The Kier molecular flexibility index (Phi) is 6.93. The molecule has 0 bridgehead atoms. The van der Waals surface area contributed by atoms with Gasteiger partial charge in [0, 0.05) is 17.9 Å². The molecule has 0 fully saturated rings. The van der Waals surface area contributed by atoms with Gasteiger partial charge in [-0.05, 0) is 53.9 Å². The lowest BCUT2D eigenvalue weighted by molar-refractivity contribution is -0.173. The number of Topliss-reactive ketones (excluding diaryl/α,β-unsaturated/α-hetero) is 1. The summed E-state index contributed by atoms with van der Waals surface area (Å²) in [5, 5.41) is 7.70. The van der Waals surface area contributed by atoms with Gasteiger partial charge in [0.1, 0.15) is 17.3 Å². The quantitative estimate of drug-likeness (QED) is 0.250. The molecule has 0 saturated heterocycles. The van der Waals surface area contributed by atoms with Crippen molar-refractivity contribution in [3.05, 3.63) is 107 Å². The van der Waals surface area contributed by atoms with Gasteiger partial charge in [-0.25, -0.2) is 4.68 Å². The first-order valence-electron chi connectivity index (χ1n) is 11.8. The number of anilines is 1. The van der Waals surface area contributed by atoms with E-state index in [0.717, 1.165) is 15.8 Å². The van der Waals surface area contributed by atoms with Gasteiger partial charge in [-0.1, -0.05) is 54.1 Å². The molecule has 37 heavy (non-hydrogen) atoms. The molecular weight excluding hydrogens is 503 g/mol. The number of alkyl halides is 3. The van der Waals surface area contributed by atoms with Crippen LogP contribution in [-0.4, -0.2) is 21.7 Å². The van der Waals surface area contributed by atoms with Crippen LogP contribution in [0.15, 0.2) is 85.1 Å². The van der Waals surface area contributed by atoms with Crippen LogP contribution in [0.1, 0.15) is 46.4 Å². The van der Waals surface area contributed by atoms with Crippen molar-refractivity contribution in [1.82, 2.24) is 9.78 Å². The van der Waals surface area contributed by atoms with Crippen molar-refractivity contribution in [2.75, 3.05) is 5.32 Å². The highest BCUT2D eigenvalue weighted by Gasteiger charge is 2.47. The molecule has 5 rings (SSSR count). The minimum absolute atomic E-state index is 0.104. The van der Waals surface area contributed by atoms with Gasteiger partial charge in [0.2, 0.25) is 0 Å². The van der Waals surface area contributed by atoms with Gasteiger partial charge in [0.05, 0.1) is 17.8 Å². The van der Waals surface area contributed by atoms with Gasteiger partial charge in [-0.2, -0.15) is 18.3 Å². The summed E-state index contributed by atoms with van der Waals surface area (Å²) in [4.78, 5) is 13.1. The Morgan fingerprint density at radius 1 is 1.03 bits per heavy atom. The van der Waals surface area contributed by atoms with E-state index in [-0.39, 0.29) is 30.0 Å². The van der Waals surface area contributed by atoms with Crippen molar-refractivity contribution >= 4 is 23.2 Å². The Hall–Kier alpha value is -3.78. The van der Waals surface area contributed by atoms with Gasteiger partial charge < -0.3 is 10.1 Å². The van der Waals surface area contributed by atoms with E-state index in [4.69, 9.17) is 16.3 Å². The van der Waals surface area contributed by atoms with Crippen LogP contribution in [0.4, 0.5) is 19.0 Å². The highest BCUT2D eigenvalue weighted by molar-refractivity contribution is 6.30. The molecule has 0 radical (unpaired) electrons. The van der Waals surface area contributed by atoms with Crippen molar-refractivity contribution in [3.63, 3.8) is 0 Å². The number of nitrogens with one attached hydrogen (secondary N) is 1. The predicted octanol–water partition coefficient (Wildman–Crippen LogP) is 7.80.